The number of carbonyl (C=O) groups is 2. The molecule has 8 fully saturated rings. The molecule has 0 aliphatic heterocycles. The molecule has 18 atom stereocenters. The van der Waals surface area contributed by atoms with Gasteiger partial charge in [-0.1, -0.05) is 41.5 Å². The van der Waals surface area contributed by atoms with Crippen molar-refractivity contribution in [2.24, 2.45) is 92.7 Å². The first-order valence-corrected chi connectivity index (χ1v) is 26.7. The summed E-state index contributed by atoms with van der Waals surface area (Å²) in [7, 11) is -4.11. The van der Waals surface area contributed by atoms with Crippen LogP contribution in [0.1, 0.15) is 170 Å². The molecular weight excluding hydrogens is 857 g/mol. The number of fused-ring (bicyclic) bond motifs is 10. The molecule has 64 heavy (non-hydrogen) atoms. The van der Waals surface area contributed by atoms with Crippen LogP contribution in [-0.4, -0.2) is 66.4 Å². The zero-order chi connectivity index (χ0) is 47.0. The van der Waals surface area contributed by atoms with E-state index < -0.39 is 57.9 Å². The van der Waals surface area contributed by atoms with Crippen molar-refractivity contribution in [3.05, 3.63) is 0 Å². The van der Waals surface area contributed by atoms with Crippen LogP contribution >= 0.6 is 0 Å². The molecule has 0 radical (unpaired) electrons. The van der Waals surface area contributed by atoms with Crippen LogP contribution < -0.4 is 5.32 Å². The molecule has 8 aliphatic rings. The topological polar surface area (TPSA) is 121 Å². The highest BCUT2D eigenvalue weighted by molar-refractivity contribution is 7.85. The highest BCUT2D eigenvalue weighted by atomic mass is 32.2. The number of hydrogen-bond acceptors (Lipinski definition) is 4. The van der Waals surface area contributed by atoms with E-state index in [1.54, 1.807) is 0 Å². The van der Waals surface area contributed by atoms with E-state index in [-0.39, 0.29) is 119 Å². The highest BCUT2D eigenvalue weighted by Gasteiger charge is 2.70. The van der Waals surface area contributed by atoms with Crippen LogP contribution in [0.15, 0.2) is 0 Å². The zero-order valence-electron chi connectivity index (χ0n) is 39.3. The third-order valence-electron chi connectivity index (χ3n) is 21.0. The molecular formula is C50H79F6NO6S. The molecule has 1 amide bonds. The molecule has 0 aromatic rings. The average molecular weight is 936 g/mol. The molecule has 0 bridgehead atoms. The number of halogens is 6. The Hall–Kier alpha value is -1.57. The van der Waals surface area contributed by atoms with E-state index >= 15 is 17.6 Å². The van der Waals surface area contributed by atoms with Crippen LogP contribution in [0.25, 0.3) is 0 Å². The predicted octanol–water partition coefficient (Wildman–Crippen LogP) is 12.4. The van der Waals surface area contributed by atoms with Crippen LogP contribution in [0.3, 0.4) is 0 Å². The number of aliphatic carboxylic acids is 1. The molecule has 368 valence electrons. The first-order valence-electron chi connectivity index (χ1n) is 25.1. The van der Waals surface area contributed by atoms with E-state index in [0.717, 1.165) is 57.8 Å². The number of rotatable bonds is 11. The fraction of sp³-hybridized carbons (Fsp3) is 0.960. The third-order valence-corrected chi connectivity index (χ3v) is 21.7. The predicted molar refractivity (Wildman–Crippen MR) is 235 cm³/mol. The zero-order valence-corrected chi connectivity index (χ0v) is 40.2. The minimum absolute atomic E-state index is 0.00472. The summed E-state index contributed by atoms with van der Waals surface area (Å²) in [6, 6.07) is 0. The van der Waals surface area contributed by atoms with Gasteiger partial charge in [-0.2, -0.15) is 8.42 Å². The smallest absolute Gasteiger partial charge is 0.303 e. The number of nitrogens with one attached hydrogen (secondary N) is 1. The van der Waals surface area contributed by atoms with Crippen molar-refractivity contribution in [3.8, 4) is 0 Å². The Kier molecular flexibility index (Phi) is 14.2. The maximum atomic E-state index is 15.8. The van der Waals surface area contributed by atoms with Crippen LogP contribution in [0.5, 0.6) is 0 Å². The lowest BCUT2D eigenvalue weighted by atomic mass is 9.43. The molecule has 8 aliphatic carbocycles. The normalized spacial score (nSPS) is 46.3. The lowest BCUT2D eigenvalue weighted by Crippen LogP contribution is -2.60. The van der Waals surface area contributed by atoms with Gasteiger partial charge in [-0.05, 0) is 184 Å². The Morgan fingerprint density at radius 1 is 0.625 bits per heavy atom. The summed E-state index contributed by atoms with van der Waals surface area (Å²) in [4.78, 5) is 23.2. The number of carboxylic acid groups (broad SMARTS) is 1. The molecule has 0 aromatic carbocycles. The molecule has 0 saturated heterocycles. The molecule has 0 spiro atoms. The van der Waals surface area contributed by atoms with Crippen molar-refractivity contribution in [2.75, 3.05) is 12.3 Å². The van der Waals surface area contributed by atoms with Gasteiger partial charge in [0.15, 0.2) is 0 Å². The van der Waals surface area contributed by atoms with Gasteiger partial charge in [-0.3, -0.25) is 14.1 Å². The van der Waals surface area contributed by atoms with E-state index in [9.17, 15) is 26.8 Å². The average Bonchev–Trinajstić information content (AvgIpc) is 3.73. The standard InChI is InChI=1S/C26H42F3NO4S.C24H37F3O2/c1-16(4-7-22(31)30-12-13-35(32,33)34)19-5-6-20-23-21(9-11-25(19,20)3)24(2)10-8-18(27)14-17(24)15-26(23,28)29;1-14(4-7-20(28)29)17-5-6-18-21-19(9-11-23(17,18)3)22(2)10-8-16(25)12-15(22)13-24(21,26)27/h16-21,23H,4-15H2,1-3H3,(H,30,31)(H,32,33,34);14-19,21H,4-13H2,1-3H3,(H,28,29). The van der Waals surface area contributed by atoms with Crippen molar-refractivity contribution in [1.82, 2.24) is 5.32 Å². The fourth-order valence-electron chi connectivity index (χ4n) is 17.7. The van der Waals surface area contributed by atoms with Crippen LogP contribution in [0, 0.1) is 92.7 Å². The number of alkyl halides is 6. The molecule has 8 rings (SSSR count). The second kappa shape index (κ2) is 18.1. The van der Waals surface area contributed by atoms with E-state index in [2.05, 4.69) is 46.9 Å². The second-order valence-electron chi connectivity index (χ2n) is 24.1. The summed E-state index contributed by atoms with van der Waals surface area (Å²) in [5.41, 5.74) is -0.654. The number of carbonyl (C=O) groups excluding carboxylic acids is 1. The van der Waals surface area contributed by atoms with Gasteiger partial charge in [0.05, 0.1) is 5.75 Å². The Balaban J connectivity index is 0.000000195. The van der Waals surface area contributed by atoms with Crippen molar-refractivity contribution >= 4 is 22.0 Å². The molecule has 7 nitrogen and oxygen atoms in total. The summed E-state index contributed by atoms with van der Waals surface area (Å²) >= 11 is 0. The van der Waals surface area contributed by atoms with Crippen LogP contribution in [0.2, 0.25) is 0 Å². The summed E-state index contributed by atoms with van der Waals surface area (Å²) in [5.74, 6) is -7.74. The van der Waals surface area contributed by atoms with Crippen molar-refractivity contribution in [2.45, 2.75) is 194 Å². The van der Waals surface area contributed by atoms with Crippen LogP contribution in [-0.2, 0) is 19.7 Å². The van der Waals surface area contributed by atoms with E-state index in [1.165, 1.54) is 0 Å². The Bertz CT molecular complexity index is 1820. The number of carboxylic acids is 1. The third kappa shape index (κ3) is 9.31. The van der Waals surface area contributed by atoms with Gasteiger partial charge in [0.2, 0.25) is 5.91 Å². The van der Waals surface area contributed by atoms with Gasteiger partial charge in [-0.15, -0.1) is 0 Å². The largest absolute Gasteiger partial charge is 0.481 e. The van der Waals surface area contributed by atoms with Gasteiger partial charge >= 0.3 is 5.97 Å². The summed E-state index contributed by atoms with van der Waals surface area (Å²) in [6.45, 7) is 12.8. The van der Waals surface area contributed by atoms with Gasteiger partial charge in [-0.25, -0.2) is 26.3 Å². The first kappa shape index (κ1) is 50.3. The Labute approximate surface area is 379 Å². The summed E-state index contributed by atoms with van der Waals surface area (Å²) in [6.07, 6.45) is 9.45. The lowest BCUT2D eigenvalue weighted by molar-refractivity contribution is -0.236. The van der Waals surface area contributed by atoms with Gasteiger partial charge < -0.3 is 10.4 Å². The molecule has 3 N–H and O–H groups in total. The van der Waals surface area contributed by atoms with E-state index in [1.807, 2.05) is 0 Å². The quantitative estimate of drug-likeness (QED) is 0.140. The molecule has 0 aromatic heterocycles. The Morgan fingerprint density at radius 3 is 1.42 bits per heavy atom. The second-order valence-corrected chi connectivity index (χ2v) is 25.6. The monoisotopic (exact) mass is 936 g/mol. The van der Waals surface area contributed by atoms with Crippen molar-refractivity contribution in [3.63, 3.8) is 0 Å². The highest BCUT2D eigenvalue weighted by Crippen LogP contribution is 2.73. The van der Waals surface area contributed by atoms with Gasteiger partial charge in [0, 0.05) is 44.1 Å². The number of hydrogen-bond donors (Lipinski definition) is 3. The van der Waals surface area contributed by atoms with E-state index in [4.69, 9.17) is 9.66 Å². The minimum Gasteiger partial charge on any atom is -0.481 e. The summed E-state index contributed by atoms with van der Waals surface area (Å²) in [5, 5.41) is 11.6. The van der Waals surface area contributed by atoms with Gasteiger partial charge in [0.25, 0.3) is 22.0 Å². The molecule has 0 heterocycles. The fourth-order valence-corrected chi connectivity index (χ4v) is 18.0. The first-order chi connectivity index (χ1) is 29.7. The summed E-state index contributed by atoms with van der Waals surface area (Å²) < 4.78 is 121. The molecule has 14 heteroatoms. The van der Waals surface area contributed by atoms with Crippen molar-refractivity contribution < 1.29 is 54.0 Å². The van der Waals surface area contributed by atoms with Crippen LogP contribution in [0.4, 0.5) is 26.3 Å². The molecule has 8 saturated carbocycles. The minimum atomic E-state index is -4.11. The molecule has 18 unspecified atom stereocenters. The SMILES string of the molecule is CC(CCC(=O)NCCS(=O)(=O)O)C1CCC2C3C(CCC12C)C1(C)CCC(F)CC1CC3(F)F.CC(CCC(=O)O)C1CCC2C3C(CCC12C)C1(C)CCC(F)CC1CC3(F)F. The lowest BCUT2D eigenvalue weighted by Gasteiger charge is -2.62. The maximum absolute atomic E-state index is 15.8. The van der Waals surface area contributed by atoms with E-state index in [0.29, 0.717) is 44.4 Å². The van der Waals surface area contributed by atoms with Gasteiger partial charge in [0.1, 0.15) is 12.3 Å². The Morgan fingerprint density at radius 2 is 1.02 bits per heavy atom. The maximum Gasteiger partial charge on any atom is 0.303 e. The number of amides is 1. The van der Waals surface area contributed by atoms with Crippen molar-refractivity contribution in [1.29, 1.82) is 0 Å².